The number of carbonyl (C=O) groups is 2. The lowest BCUT2D eigenvalue weighted by Gasteiger charge is -2.22. The lowest BCUT2D eigenvalue weighted by molar-refractivity contribution is -0.117. The molecule has 0 aliphatic carbocycles. The molecule has 1 saturated heterocycles. The second-order valence-corrected chi connectivity index (χ2v) is 8.74. The highest BCUT2D eigenvalue weighted by molar-refractivity contribution is 7.14. The van der Waals surface area contributed by atoms with E-state index in [0.29, 0.717) is 17.9 Å². The molecule has 0 spiro atoms. The number of hydrogen-bond donors (Lipinski definition) is 0. The van der Waals surface area contributed by atoms with Gasteiger partial charge < -0.3 is 9.64 Å². The fourth-order valence-corrected chi connectivity index (χ4v) is 4.58. The van der Waals surface area contributed by atoms with Crippen LogP contribution in [0.25, 0.3) is 6.08 Å². The van der Waals surface area contributed by atoms with Gasteiger partial charge in [-0.05, 0) is 62.1 Å². The maximum absolute atomic E-state index is 12.5. The maximum atomic E-state index is 12.5. The third kappa shape index (κ3) is 5.82. The first kappa shape index (κ1) is 22.3. The van der Waals surface area contributed by atoms with Crippen molar-refractivity contribution in [3.63, 3.8) is 0 Å². The van der Waals surface area contributed by atoms with Gasteiger partial charge in [-0.15, -0.1) is 11.3 Å². The van der Waals surface area contributed by atoms with Crippen molar-refractivity contribution in [3.8, 4) is 0 Å². The Kier molecular flexibility index (Phi) is 8.26. The van der Waals surface area contributed by atoms with Crippen molar-refractivity contribution < 1.29 is 14.3 Å². The molecule has 3 rings (SSSR count). The van der Waals surface area contributed by atoms with Crippen LogP contribution in [0.3, 0.4) is 0 Å². The van der Waals surface area contributed by atoms with Crippen molar-refractivity contribution in [3.05, 3.63) is 57.8 Å². The third-order valence-corrected chi connectivity index (χ3v) is 6.40. The van der Waals surface area contributed by atoms with E-state index in [0.717, 1.165) is 23.4 Å². The molecule has 4 nitrogen and oxygen atoms in total. The first-order valence-electron chi connectivity index (χ1n) is 11.0. The average Bonchev–Trinajstić information content (AvgIpc) is 3.37. The molecule has 0 unspecified atom stereocenters. The van der Waals surface area contributed by atoms with Gasteiger partial charge in [0.15, 0.2) is 0 Å². The van der Waals surface area contributed by atoms with Crippen LogP contribution < -0.4 is 4.90 Å². The SMILES string of the molecule is CCCCCCc1ccc(N2C(=O)CC[C@@H]2C=Cc2ccc(C(=O)OCC)s2)cc1. The number of amides is 1. The molecule has 0 saturated carbocycles. The molecule has 1 aliphatic rings. The van der Waals surface area contributed by atoms with Crippen LogP contribution >= 0.6 is 11.3 Å². The van der Waals surface area contributed by atoms with E-state index in [4.69, 9.17) is 4.74 Å². The van der Waals surface area contributed by atoms with Crippen molar-refractivity contribution in [1.29, 1.82) is 0 Å². The summed E-state index contributed by atoms with van der Waals surface area (Å²) in [6.07, 6.45) is 11.6. The molecule has 1 fully saturated rings. The highest BCUT2D eigenvalue weighted by Crippen LogP contribution is 2.29. The minimum absolute atomic E-state index is 0.0426. The highest BCUT2D eigenvalue weighted by Gasteiger charge is 2.30. The Morgan fingerprint density at radius 1 is 1.13 bits per heavy atom. The number of rotatable bonds is 10. The highest BCUT2D eigenvalue weighted by atomic mass is 32.1. The molecule has 1 aromatic heterocycles. The summed E-state index contributed by atoms with van der Waals surface area (Å²) in [5.74, 6) is -0.117. The summed E-state index contributed by atoms with van der Waals surface area (Å²) in [6, 6.07) is 12.2. The first-order chi connectivity index (χ1) is 14.6. The summed E-state index contributed by atoms with van der Waals surface area (Å²) in [7, 11) is 0. The Bertz CT molecular complexity index is 869. The van der Waals surface area contributed by atoms with Gasteiger partial charge in [0, 0.05) is 17.0 Å². The van der Waals surface area contributed by atoms with Gasteiger partial charge in [0.1, 0.15) is 4.88 Å². The predicted molar refractivity (Wildman–Crippen MR) is 124 cm³/mol. The van der Waals surface area contributed by atoms with E-state index in [1.807, 2.05) is 17.0 Å². The van der Waals surface area contributed by atoms with E-state index in [2.05, 4.69) is 37.3 Å². The number of unbranched alkanes of at least 4 members (excludes halogenated alkanes) is 3. The lowest BCUT2D eigenvalue weighted by Crippen LogP contribution is -2.31. The number of nitrogens with zero attached hydrogens (tertiary/aromatic N) is 1. The van der Waals surface area contributed by atoms with E-state index in [9.17, 15) is 9.59 Å². The van der Waals surface area contributed by atoms with E-state index in [1.54, 1.807) is 13.0 Å². The van der Waals surface area contributed by atoms with Gasteiger partial charge in [0.25, 0.3) is 0 Å². The summed E-state index contributed by atoms with van der Waals surface area (Å²) >= 11 is 1.41. The topological polar surface area (TPSA) is 46.6 Å². The number of aryl methyl sites for hydroxylation is 1. The van der Waals surface area contributed by atoms with Crippen LogP contribution in [-0.4, -0.2) is 24.5 Å². The van der Waals surface area contributed by atoms with Crippen LogP contribution in [0.1, 0.15) is 72.5 Å². The third-order valence-electron chi connectivity index (χ3n) is 5.37. The van der Waals surface area contributed by atoms with Crippen LogP contribution in [0.15, 0.2) is 42.5 Å². The van der Waals surface area contributed by atoms with E-state index < -0.39 is 0 Å². The fraction of sp³-hybridized carbons (Fsp3) is 0.440. The molecule has 0 bridgehead atoms. The summed E-state index contributed by atoms with van der Waals surface area (Å²) in [4.78, 5) is 27.8. The van der Waals surface area contributed by atoms with Gasteiger partial charge in [-0.25, -0.2) is 4.79 Å². The van der Waals surface area contributed by atoms with Gasteiger partial charge in [-0.1, -0.05) is 44.4 Å². The van der Waals surface area contributed by atoms with Crippen LogP contribution in [0, 0.1) is 0 Å². The largest absolute Gasteiger partial charge is 0.462 e. The molecule has 30 heavy (non-hydrogen) atoms. The number of anilines is 1. The molecule has 1 aliphatic heterocycles. The molecule has 160 valence electrons. The molecule has 1 amide bonds. The maximum Gasteiger partial charge on any atom is 0.348 e. The number of ether oxygens (including phenoxy) is 1. The minimum atomic E-state index is -0.283. The summed E-state index contributed by atoms with van der Waals surface area (Å²) < 4.78 is 5.05. The zero-order valence-electron chi connectivity index (χ0n) is 17.9. The molecule has 0 radical (unpaired) electrons. The molecular formula is C25H31NO3S. The Morgan fingerprint density at radius 3 is 2.67 bits per heavy atom. The number of thiophene rings is 1. The predicted octanol–water partition coefficient (Wildman–Crippen LogP) is 6.26. The van der Waals surface area contributed by atoms with Crippen LogP contribution in [0.4, 0.5) is 5.69 Å². The molecule has 1 atom stereocenters. The monoisotopic (exact) mass is 425 g/mol. The summed E-state index contributed by atoms with van der Waals surface area (Å²) in [6.45, 7) is 4.40. The van der Waals surface area contributed by atoms with Gasteiger partial charge in [0.2, 0.25) is 5.91 Å². The van der Waals surface area contributed by atoms with Crippen LogP contribution in [0.5, 0.6) is 0 Å². The van der Waals surface area contributed by atoms with Gasteiger partial charge in [-0.2, -0.15) is 0 Å². The molecule has 5 heteroatoms. The standard InChI is InChI=1S/C25H31NO3S/c1-3-5-6-7-8-19-9-11-20(12-10-19)26-21(14-18-24(26)27)13-15-22-16-17-23(30-22)25(28)29-4-2/h9-13,15-17,21H,3-8,14,18H2,1-2H3/t21-/m0/s1. The van der Waals surface area contributed by atoms with Crippen molar-refractivity contribution in [2.24, 2.45) is 0 Å². The van der Waals surface area contributed by atoms with Gasteiger partial charge in [0.05, 0.1) is 12.6 Å². The number of carbonyl (C=O) groups excluding carboxylic acids is 2. The van der Waals surface area contributed by atoms with Gasteiger partial charge >= 0.3 is 5.97 Å². The molecular weight excluding hydrogens is 394 g/mol. The second-order valence-electron chi connectivity index (χ2n) is 7.63. The molecule has 2 heterocycles. The Labute approximate surface area is 183 Å². The van der Waals surface area contributed by atoms with Crippen molar-refractivity contribution in [1.82, 2.24) is 0 Å². The number of hydrogen-bond acceptors (Lipinski definition) is 4. The Hall–Kier alpha value is -2.40. The van der Waals surface area contributed by atoms with E-state index >= 15 is 0 Å². The van der Waals surface area contributed by atoms with Crippen molar-refractivity contribution in [2.75, 3.05) is 11.5 Å². The van der Waals surface area contributed by atoms with E-state index in [1.165, 1.54) is 42.6 Å². The van der Waals surface area contributed by atoms with Gasteiger partial charge in [-0.3, -0.25) is 4.79 Å². The smallest absolute Gasteiger partial charge is 0.348 e. The Balaban J connectivity index is 1.64. The first-order valence-corrected chi connectivity index (χ1v) is 11.8. The lowest BCUT2D eigenvalue weighted by atomic mass is 10.1. The van der Waals surface area contributed by atoms with Crippen molar-refractivity contribution in [2.45, 2.75) is 64.8 Å². The second kappa shape index (κ2) is 11.1. The minimum Gasteiger partial charge on any atom is -0.462 e. The van der Waals surface area contributed by atoms with Crippen LogP contribution in [-0.2, 0) is 16.0 Å². The quantitative estimate of drug-likeness (QED) is 0.333. The number of esters is 1. The average molecular weight is 426 g/mol. The summed E-state index contributed by atoms with van der Waals surface area (Å²) in [5.41, 5.74) is 2.29. The van der Waals surface area contributed by atoms with E-state index in [-0.39, 0.29) is 17.9 Å². The zero-order valence-corrected chi connectivity index (χ0v) is 18.7. The van der Waals surface area contributed by atoms with Crippen LogP contribution in [0.2, 0.25) is 0 Å². The molecule has 0 N–H and O–H groups in total. The zero-order chi connectivity index (χ0) is 21.3. The van der Waals surface area contributed by atoms with Crippen molar-refractivity contribution >= 4 is 35.0 Å². The normalized spacial score (nSPS) is 16.5. The number of benzene rings is 1. The molecule has 1 aromatic carbocycles. The molecule has 2 aromatic rings. The Morgan fingerprint density at radius 2 is 1.93 bits per heavy atom. The fourth-order valence-electron chi connectivity index (χ4n) is 3.76. The summed E-state index contributed by atoms with van der Waals surface area (Å²) in [5, 5.41) is 0.